The predicted octanol–water partition coefficient (Wildman–Crippen LogP) is 3.33. The molecule has 0 bridgehead atoms. The maximum atomic E-state index is 12.7. The normalized spacial score (nSPS) is 17.5. The highest BCUT2D eigenvalue weighted by Crippen LogP contribution is 2.32. The topological polar surface area (TPSA) is 65.5 Å². The van der Waals surface area contributed by atoms with E-state index in [-0.39, 0.29) is 18.2 Å². The van der Waals surface area contributed by atoms with E-state index in [1.165, 1.54) is 35.3 Å². The van der Waals surface area contributed by atoms with E-state index in [1.807, 2.05) is 17.0 Å². The second kappa shape index (κ2) is 7.04. The van der Waals surface area contributed by atoms with Crippen molar-refractivity contribution in [3.05, 3.63) is 40.3 Å². The van der Waals surface area contributed by atoms with Crippen LogP contribution in [0.15, 0.2) is 24.3 Å². The number of nitrogens with one attached hydrogen (secondary N) is 1. The van der Waals surface area contributed by atoms with Gasteiger partial charge in [0.1, 0.15) is 0 Å². The SMILES string of the molecule is O=C(Cc1sc(NC2CCCC2)nc1O)N1CCc2ccccc2C1. The van der Waals surface area contributed by atoms with Crippen LogP contribution in [0.5, 0.6) is 5.88 Å². The number of anilines is 1. The summed E-state index contributed by atoms with van der Waals surface area (Å²) in [4.78, 5) is 19.4. The zero-order valence-electron chi connectivity index (χ0n) is 14.2. The third-order valence-corrected chi connectivity index (χ3v) is 6.13. The first kappa shape index (κ1) is 16.4. The zero-order chi connectivity index (χ0) is 17.2. The molecule has 1 saturated carbocycles. The smallest absolute Gasteiger partial charge is 0.228 e. The van der Waals surface area contributed by atoms with Crippen molar-refractivity contribution in [2.45, 2.75) is 51.1 Å². The average molecular weight is 357 g/mol. The molecular formula is C19H23N3O2S. The molecule has 2 N–H and O–H groups in total. The van der Waals surface area contributed by atoms with Gasteiger partial charge in [0.25, 0.3) is 0 Å². The van der Waals surface area contributed by atoms with Gasteiger partial charge in [-0.05, 0) is 30.4 Å². The molecule has 132 valence electrons. The largest absolute Gasteiger partial charge is 0.492 e. The number of thiazole rings is 1. The fraction of sp³-hybridized carbons (Fsp3) is 0.474. The zero-order valence-corrected chi connectivity index (χ0v) is 15.0. The van der Waals surface area contributed by atoms with Crippen LogP contribution in [0.2, 0.25) is 0 Å². The second-order valence-electron chi connectivity index (χ2n) is 6.90. The fourth-order valence-corrected chi connectivity index (χ4v) is 4.65. The maximum Gasteiger partial charge on any atom is 0.228 e. The van der Waals surface area contributed by atoms with Gasteiger partial charge in [-0.1, -0.05) is 48.4 Å². The Labute approximate surface area is 151 Å². The molecule has 25 heavy (non-hydrogen) atoms. The summed E-state index contributed by atoms with van der Waals surface area (Å²) in [5.41, 5.74) is 2.55. The number of hydrogen-bond donors (Lipinski definition) is 2. The van der Waals surface area contributed by atoms with Gasteiger partial charge in [0.15, 0.2) is 5.13 Å². The van der Waals surface area contributed by atoms with Crippen molar-refractivity contribution in [2.24, 2.45) is 0 Å². The van der Waals surface area contributed by atoms with Crippen LogP contribution in [0, 0.1) is 0 Å². The van der Waals surface area contributed by atoms with Crippen LogP contribution in [0.4, 0.5) is 5.13 Å². The van der Waals surface area contributed by atoms with Gasteiger partial charge in [0, 0.05) is 19.1 Å². The number of aromatic hydroxyl groups is 1. The lowest BCUT2D eigenvalue weighted by Crippen LogP contribution is -2.36. The molecule has 0 spiro atoms. The van der Waals surface area contributed by atoms with Crippen LogP contribution in [0.1, 0.15) is 41.7 Å². The van der Waals surface area contributed by atoms with Crippen LogP contribution in [0.3, 0.4) is 0 Å². The van der Waals surface area contributed by atoms with Crippen LogP contribution < -0.4 is 5.32 Å². The molecule has 0 unspecified atom stereocenters. The summed E-state index contributed by atoms with van der Waals surface area (Å²) in [5, 5.41) is 14.2. The number of benzene rings is 1. The molecular weight excluding hydrogens is 334 g/mol. The lowest BCUT2D eigenvalue weighted by atomic mass is 10.00. The van der Waals surface area contributed by atoms with E-state index >= 15 is 0 Å². The molecule has 1 fully saturated rings. The van der Waals surface area contributed by atoms with Crippen molar-refractivity contribution in [2.75, 3.05) is 11.9 Å². The highest BCUT2D eigenvalue weighted by Gasteiger charge is 2.23. The Hall–Kier alpha value is -2.08. The van der Waals surface area contributed by atoms with Crippen molar-refractivity contribution in [3.8, 4) is 5.88 Å². The molecule has 1 aliphatic carbocycles. The van der Waals surface area contributed by atoms with E-state index in [4.69, 9.17) is 0 Å². The first-order valence-electron chi connectivity index (χ1n) is 8.99. The van der Waals surface area contributed by atoms with Crippen molar-refractivity contribution >= 4 is 22.4 Å². The van der Waals surface area contributed by atoms with Crippen LogP contribution in [0.25, 0.3) is 0 Å². The van der Waals surface area contributed by atoms with E-state index in [2.05, 4.69) is 22.4 Å². The molecule has 0 saturated heterocycles. The highest BCUT2D eigenvalue weighted by atomic mass is 32.1. The molecule has 5 nitrogen and oxygen atoms in total. The Morgan fingerprint density at radius 2 is 2.04 bits per heavy atom. The first-order valence-corrected chi connectivity index (χ1v) is 9.80. The molecule has 1 aromatic heterocycles. The minimum Gasteiger partial charge on any atom is -0.492 e. The number of aromatic nitrogens is 1. The lowest BCUT2D eigenvalue weighted by molar-refractivity contribution is -0.131. The molecule has 1 aliphatic heterocycles. The molecule has 1 amide bonds. The molecule has 1 aromatic carbocycles. The number of nitrogens with zero attached hydrogens (tertiary/aromatic N) is 2. The van der Waals surface area contributed by atoms with E-state index in [9.17, 15) is 9.90 Å². The summed E-state index contributed by atoms with van der Waals surface area (Å²) >= 11 is 1.40. The summed E-state index contributed by atoms with van der Waals surface area (Å²) in [7, 11) is 0. The summed E-state index contributed by atoms with van der Waals surface area (Å²) in [6.07, 6.45) is 5.92. The summed E-state index contributed by atoms with van der Waals surface area (Å²) in [6, 6.07) is 8.73. The van der Waals surface area contributed by atoms with Gasteiger partial charge in [-0.15, -0.1) is 0 Å². The molecule has 4 rings (SSSR count). The fourth-order valence-electron chi connectivity index (χ4n) is 3.72. The van der Waals surface area contributed by atoms with Crippen LogP contribution in [-0.2, 0) is 24.2 Å². The van der Waals surface area contributed by atoms with Crippen LogP contribution in [-0.4, -0.2) is 33.5 Å². The number of hydrogen-bond acceptors (Lipinski definition) is 5. The first-order chi connectivity index (χ1) is 12.2. The van der Waals surface area contributed by atoms with Gasteiger partial charge in [0.05, 0.1) is 11.3 Å². The van der Waals surface area contributed by atoms with Gasteiger partial charge in [-0.2, -0.15) is 4.98 Å². The van der Waals surface area contributed by atoms with Crippen molar-refractivity contribution in [1.29, 1.82) is 0 Å². The monoisotopic (exact) mass is 357 g/mol. The van der Waals surface area contributed by atoms with Gasteiger partial charge >= 0.3 is 0 Å². The number of carbonyl (C=O) groups is 1. The minimum atomic E-state index is -0.00347. The highest BCUT2D eigenvalue weighted by molar-refractivity contribution is 7.16. The summed E-state index contributed by atoms with van der Waals surface area (Å²) < 4.78 is 0. The third-order valence-electron chi connectivity index (χ3n) is 5.15. The van der Waals surface area contributed by atoms with E-state index < -0.39 is 0 Å². The van der Waals surface area contributed by atoms with Gasteiger partial charge in [-0.3, -0.25) is 4.79 Å². The molecule has 2 aromatic rings. The van der Waals surface area contributed by atoms with E-state index in [0.717, 1.165) is 30.9 Å². The molecule has 0 atom stereocenters. The van der Waals surface area contributed by atoms with Crippen molar-refractivity contribution < 1.29 is 9.90 Å². The van der Waals surface area contributed by atoms with Gasteiger partial charge in [0.2, 0.25) is 11.8 Å². The van der Waals surface area contributed by atoms with Crippen LogP contribution >= 0.6 is 11.3 Å². The molecule has 6 heteroatoms. The number of rotatable bonds is 4. The van der Waals surface area contributed by atoms with Gasteiger partial charge < -0.3 is 15.3 Å². The summed E-state index contributed by atoms with van der Waals surface area (Å²) in [6.45, 7) is 1.39. The Morgan fingerprint density at radius 3 is 2.84 bits per heavy atom. The Bertz CT molecular complexity index is 768. The number of carbonyl (C=O) groups excluding carboxylic acids is 1. The Balaban J connectivity index is 1.40. The quantitative estimate of drug-likeness (QED) is 0.881. The minimum absolute atomic E-state index is 0.00347. The molecule has 0 radical (unpaired) electrons. The Morgan fingerprint density at radius 1 is 1.28 bits per heavy atom. The molecule has 2 heterocycles. The maximum absolute atomic E-state index is 12.7. The second-order valence-corrected chi connectivity index (χ2v) is 7.99. The third kappa shape index (κ3) is 3.63. The summed E-state index contributed by atoms with van der Waals surface area (Å²) in [5.74, 6) is 0.0529. The predicted molar refractivity (Wildman–Crippen MR) is 98.9 cm³/mol. The van der Waals surface area contributed by atoms with Gasteiger partial charge in [-0.25, -0.2) is 0 Å². The van der Waals surface area contributed by atoms with E-state index in [1.54, 1.807) is 0 Å². The molecule has 2 aliphatic rings. The number of fused-ring (bicyclic) bond motifs is 1. The lowest BCUT2D eigenvalue weighted by Gasteiger charge is -2.28. The van der Waals surface area contributed by atoms with E-state index in [0.29, 0.717) is 17.5 Å². The average Bonchev–Trinajstić information content (AvgIpc) is 3.25. The van der Waals surface area contributed by atoms with Crippen molar-refractivity contribution in [3.63, 3.8) is 0 Å². The number of amides is 1. The van der Waals surface area contributed by atoms with Crippen molar-refractivity contribution in [1.82, 2.24) is 9.88 Å². The standard InChI is InChI=1S/C19H23N3O2S/c23-17(22-10-9-13-5-1-2-6-14(13)12-22)11-16-18(24)21-19(25-16)20-15-7-3-4-8-15/h1-2,5-6,15,24H,3-4,7-12H2,(H,20,21). The Kier molecular flexibility index (Phi) is 4.61.